The van der Waals surface area contributed by atoms with Crippen LogP contribution in [0.5, 0.6) is 0 Å². The normalized spacial score (nSPS) is 42.8. The number of halogens is 3. The predicted octanol–water partition coefficient (Wildman–Crippen LogP) is 4.82. The number of Topliss-reactive ketones (excluding diaryl/α,β-unsaturated/α-hetero) is 1. The van der Waals surface area contributed by atoms with E-state index in [0.29, 0.717) is 35.7 Å². The smallest absolute Gasteiger partial charge is 0.411 e. The van der Waals surface area contributed by atoms with Gasteiger partial charge in [-0.25, -0.2) is 0 Å². The van der Waals surface area contributed by atoms with Gasteiger partial charge in [0.15, 0.2) is 0 Å². The predicted molar refractivity (Wildman–Crippen MR) is 117 cm³/mol. The maximum atomic E-state index is 12.6. The molecule has 4 fully saturated rings. The molecule has 7 atom stereocenters. The summed E-state index contributed by atoms with van der Waals surface area (Å²) in [5.74, 6) is 0.355. The van der Waals surface area contributed by atoms with Crippen molar-refractivity contribution in [1.29, 1.82) is 0 Å². The zero-order valence-electron chi connectivity index (χ0n) is 18.7. The van der Waals surface area contributed by atoms with E-state index in [1.807, 2.05) is 5.32 Å². The Balaban J connectivity index is 1.41. The van der Waals surface area contributed by atoms with Crippen LogP contribution in [0.1, 0.15) is 65.2 Å². The summed E-state index contributed by atoms with van der Waals surface area (Å²) in [4.78, 5) is 23.6. The van der Waals surface area contributed by atoms with Crippen molar-refractivity contribution in [1.82, 2.24) is 5.32 Å². The zero-order valence-corrected chi connectivity index (χ0v) is 19.5. The lowest BCUT2D eigenvalue weighted by Gasteiger charge is -2.60. The van der Waals surface area contributed by atoms with Crippen LogP contribution in [-0.4, -0.2) is 46.3 Å². The van der Waals surface area contributed by atoms with Crippen LogP contribution in [0, 0.1) is 34.5 Å². The van der Waals surface area contributed by atoms with Crippen LogP contribution in [-0.2, 0) is 9.59 Å². The average molecular weight is 475 g/mol. The first-order valence-electron chi connectivity index (χ1n) is 11.7. The van der Waals surface area contributed by atoms with Crippen LogP contribution in [0.25, 0.3) is 0 Å². The van der Waals surface area contributed by atoms with Crippen molar-refractivity contribution in [2.24, 2.45) is 39.7 Å². The average Bonchev–Trinajstić information content (AvgIpc) is 3.04. The number of hydrogen-bond acceptors (Lipinski definition) is 5. The molecule has 0 spiro atoms. The fraction of sp³-hybridized carbons (Fsp3) is 0.870. The number of carbonyl (C=O) groups excluding carboxylic acids is 2. The molecule has 0 radical (unpaired) electrons. The minimum Gasteiger partial charge on any atom is -0.411 e. The van der Waals surface area contributed by atoms with Gasteiger partial charge in [0.2, 0.25) is 0 Å². The first-order valence-corrected chi connectivity index (χ1v) is 12.8. The number of thioether (sulfide) groups is 1. The highest BCUT2D eigenvalue weighted by atomic mass is 32.2. The first-order chi connectivity index (χ1) is 15.0. The molecule has 0 aromatic heterocycles. The Labute approximate surface area is 191 Å². The van der Waals surface area contributed by atoms with Crippen molar-refractivity contribution in [2.45, 2.75) is 76.6 Å². The summed E-state index contributed by atoms with van der Waals surface area (Å²) >= 11 is 1.60. The largest absolute Gasteiger partial charge is 0.471 e. The summed E-state index contributed by atoms with van der Waals surface area (Å²) in [5.41, 5.74) is 0.644. The van der Waals surface area contributed by atoms with Gasteiger partial charge in [0, 0.05) is 35.3 Å². The van der Waals surface area contributed by atoms with E-state index >= 15 is 0 Å². The number of ketones is 1. The standard InChI is InChI=1S/C23H33F3N2O3S/c1-21-7-5-13(32-10-9-27-20(30)23(24,25)26)11-17(21)18(28-31)12-14-15-3-4-19(29)22(15,2)8-6-16(14)21/h13-17,31H,3-12H2,1-2H3,(H,27,30)/b28-18+/t13?,14-,15-,16-,17+,21+,22-/m0/s1. The number of hydrogen-bond donors (Lipinski definition) is 2. The van der Waals surface area contributed by atoms with Crippen molar-refractivity contribution in [2.75, 3.05) is 12.3 Å². The van der Waals surface area contributed by atoms with E-state index in [0.717, 1.165) is 50.7 Å². The lowest BCUT2D eigenvalue weighted by Crippen LogP contribution is -2.57. The van der Waals surface area contributed by atoms with Gasteiger partial charge < -0.3 is 10.5 Å². The van der Waals surface area contributed by atoms with Gasteiger partial charge in [-0.3, -0.25) is 9.59 Å². The Kier molecular flexibility index (Phi) is 6.36. The molecular formula is C23H33F3N2O3S. The molecule has 0 heterocycles. The van der Waals surface area contributed by atoms with Gasteiger partial charge in [-0.1, -0.05) is 19.0 Å². The van der Waals surface area contributed by atoms with Crippen molar-refractivity contribution in [3.63, 3.8) is 0 Å². The number of nitrogens with zero attached hydrogens (tertiary/aromatic N) is 1. The van der Waals surface area contributed by atoms with Crippen LogP contribution >= 0.6 is 11.8 Å². The number of alkyl halides is 3. The summed E-state index contributed by atoms with van der Waals surface area (Å²) in [6.07, 6.45) is 2.29. The number of rotatable bonds is 4. The molecule has 180 valence electrons. The van der Waals surface area contributed by atoms with E-state index in [4.69, 9.17) is 0 Å². The third-order valence-electron chi connectivity index (χ3n) is 9.27. The van der Waals surface area contributed by atoms with Gasteiger partial charge in [0.05, 0.1) is 5.71 Å². The molecule has 0 bridgehead atoms. The first kappa shape index (κ1) is 23.9. The van der Waals surface area contributed by atoms with Gasteiger partial charge in [-0.15, -0.1) is 0 Å². The molecule has 0 aliphatic heterocycles. The third-order valence-corrected chi connectivity index (χ3v) is 10.6. The van der Waals surface area contributed by atoms with E-state index in [-0.39, 0.29) is 28.5 Å². The highest BCUT2D eigenvalue weighted by molar-refractivity contribution is 7.99. The molecule has 32 heavy (non-hydrogen) atoms. The van der Waals surface area contributed by atoms with Crippen molar-refractivity contribution in [3.8, 4) is 0 Å². The van der Waals surface area contributed by atoms with Crippen LogP contribution in [0.4, 0.5) is 13.2 Å². The topological polar surface area (TPSA) is 78.8 Å². The van der Waals surface area contributed by atoms with Gasteiger partial charge in [0.1, 0.15) is 5.78 Å². The molecule has 0 aromatic carbocycles. The third kappa shape index (κ3) is 3.96. The molecule has 4 saturated carbocycles. The molecule has 4 rings (SSSR count). The lowest BCUT2D eigenvalue weighted by atomic mass is 9.45. The number of amides is 1. The Bertz CT molecular complexity index is 804. The lowest BCUT2D eigenvalue weighted by molar-refractivity contribution is -0.173. The molecule has 9 heteroatoms. The highest BCUT2D eigenvalue weighted by Gasteiger charge is 2.61. The van der Waals surface area contributed by atoms with Gasteiger partial charge in [-0.05, 0) is 68.1 Å². The second-order valence-electron chi connectivity index (χ2n) is 10.7. The van der Waals surface area contributed by atoms with Gasteiger partial charge in [0.25, 0.3) is 0 Å². The number of nitrogens with one attached hydrogen (secondary N) is 1. The Morgan fingerprint density at radius 2 is 1.97 bits per heavy atom. The zero-order chi connectivity index (χ0) is 23.3. The number of carbonyl (C=O) groups is 2. The van der Waals surface area contributed by atoms with Gasteiger partial charge >= 0.3 is 12.1 Å². The molecular weight excluding hydrogens is 441 g/mol. The minimum atomic E-state index is -4.84. The second-order valence-corrected chi connectivity index (χ2v) is 12.1. The summed E-state index contributed by atoms with van der Waals surface area (Å²) in [6, 6.07) is 0. The van der Waals surface area contributed by atoms with Crippen molar-refractivity contribution in [3.05, 3.63) is 0 Å². The summed E-state index contributed by atoms with van der Waals surface area (Å²) in [6.45, 7) is 4.45. The van der Waals surface area contributed by atoms with Crippen LogP contribution < -0.4 is 5.32 Å². The summed E-state index contributed by atoms with van der Waals surface area (Å²) < 4.78 is 37.0. The monoisotopic (exact) mass is 474 g/mol. The highest BCUT2D eigenvalue weighted by Crippen LogP contribution is 2.65. The van der Waals surface area contributed by atoms with E-state index in [1.54, 1.807) is 11.8 Å². The molecule has 0 saturated heterocycles. The molecule has 4 aliphatic carbocycles. The van der Waals surface area contributed by atoms with E-state index < -0.39 is 12.1 Å². The quantitative estimate of drug-likeness (QED) is 0.348. The molecule has 5 nitrogen and oxygen atoms in total. The maximum absolute atomic E-state index is 12.6. The summed E-state index contributed by atoms with van der Waals surface area (Å²) in [7, 11) is 0. The summed E-state index contributed by atoms with van der Waals surface area (Å²) in [5, 5.41) is 15.8. The molecule has 0 aromatic rings. The number of fused-ring (bicyclic) bond motifs is 5. The Morgan fingerprint density at radius 1 is 1.22 bits per heavy atom. The van der Waals surface area contributed by atoms with Gasteiger partial charge in [-0.2, -0.15) is 24.9 Å². The van der Waals surface area contributed by atoms with Crippen molar-refractivity contribution >= 4 is 29.2 Å². The Morgan fingerprint density at radius 3 is 2.66 bits per heavy atom. The van der Waals surface area contributed by atoms with Crippen LogP contribution in [0.15, 0.2) is 5.16 Å². The fourth-order valence-corrected chi connectivity index (χ4v) is 8.72. The maximum Gasteiger partial charge on any atom is 0.471 e. The van der Waals surface area contributed by atoms with Crippen LogP contribution in [0.2, 0.25) is 0 Å². The fourth-order valence-electron chi connectivity index (χ4n) is 7.55. The number of oxime groups is 1. The minimum absolute atomic E-state index is 0.0125. The van der Waals surface area contributed by atoms with E-state index in [2.05, 4.69) is 19.0 Å². The molecule has 2 N–H and O–H groups in total. The van der Waals surface area contributed by atoms with E-state index in [1.165, 1.54) is 0 Å². The van der Waals surface area contributed by atoms with Crippen molar-refractivity contribution < 1.29 is 28.0 Å². The van der Waals surface area contributed by atoms with E-state index in [9.17, 15) is 28.0 Å². The SMILES string of the molecule is C[C@]12CCC(SCCNC(=O)C(F)(F)F)C[C@@H]1/C(=N/O)C[C@@H]1[C@@H]2CC[C@]2(C)C(=O)CC[C@@H]12. The second kappa shape index (κ2) is 8.51. The molecule has 4 aliphatic rings. The van der Waals surface area contributed by atoms with Crippen LogP contribution in [0.3, 0.4) is 0 Å². The molecule has 1 amide bonds. The Hall–Kier alpha value is -1.25. The molecule has 1 unspecified atom stereocenters.